The zero-order chi connectivity index (χ0) is 19.3. The van der Waals surface area contributed by atoms with Crippen molar-refractivity contribution in [1.29, 1.82) is 0 Å². The van der Waals surface area contributed by atoms with Gasteiger partial charge in [-0.2, -0.15) is 0 Å². The normalized spacial score (nSPS) is 27.9. The van der Waals surface area contributed by atoms with Gasteiger partial charge in [0.1, 0.15) is 6.54 Å². The fraction of sp³-hybridized carbons (Fsp3) is 0.348. The molecule has 2 aromatic carbocycles. The minimum Gasteiger partial charge on any atom is -0.325 e. The highest BCUT2D eigenvalue weighted by molar-refractivity contribution is 6.09. The third kappa shape index (κ3) is 2.73. The fourth-order valence-corrected chi connectivity index (χ4v) is 5.35. The number of benzene rings is 2. The van der Waals surface area contributed by atoms with Crippen molar-refractivity contribution >= 4 is 23.4 Å². The average Bonchev–Trinajstić information content (AvgIpc) is 3.39. The van der Waals surface area contributed by atoms with Gasteiger partial charge in [0, 0.05) is 5.69 Å². The molecule has 28 heavy (non-hydrogen) atoms. The molecule has 0 aromatic heterocycles. The molecule has 5 nitrogen and oxygen atoms in total. The van der Waals surface area contributed by atoms with E-state index in [1.807, 2.05) is 54.6 Å². The predicted molar refractivity (Wildman–Crippen MR) is 105 cm³/mol. The van der Waals surface area contributed by atoms with Crippen LogP contribution in [0.2, 0.25) is 0 Å². The zero-order valence-corrected chi connectivity index (χ0v) is 15.5. The smallest absolute Gasteiger partial charge is 0.244 e. The van der Waals surface area contributed by atoms with Gasteiger partial charge in [-0.3, -0.25) is 19.3 Å². The number of rotatable bonds is 4. The summed E-state index contributed by atoms with van der Waals surface area (Å²) in [5.74, 6) is -0.293. The first-order valence-corrected chi connectivity index (χ1v) is 9.92. The van der Waals surface area contributed by atoms with Gasteiger partial charge in [-0.15, -0.1) is 0 Å². The number of amides is 3. The van der Waals surface area contributed by atoms with Crippen LogP contribution in [-0.4, -0.2) is 29.2 Å². The molecule has 1 heterocycles. The lowest BCUT2D eigenvalue weighted by atomic mass is 9.81. The predicted octanol–water partition coefficient (Wildman–Crippen LogP) is 3.32. The van der Waals surface area contributed by atoms with Crippen LogP contribution < -0.4 is 5.32 Å². The Bertz CT molecular complexity index is 910. The number of fused-ring (bicyclic) bond motifs is 5. The Balaban J connectivity index is 1.24. The standard InChI is InChI=1S/C23H22N2O3/c26-19(24-18-10-8-15(9-11-18)14-4-2-1-3-5-14)13-25-22(27)20-16-6-7-17(12-16)21(20)23(25)28/h1-5,8-11,16-17,20-21H,6-7,12-13H2,(H,24,26). The molecule has 5 rings (SSSR count). The van der Waals surface area contributed by atoms with E-state index in [4.69, 9.17) is 0 Å². The molecule has 1 aliphatic heterocycles. The summed E-state index contributed by atoms with van der Waals surface area (Å²) in [6.45, 7) is -0.190. The summed E-state index contributed by atoms with van der Waals surface area (Å²) in [7, 11) is 0. The molecule has 2 aliphatic carbocycles. The van der Waals surface area contributed by atoms with Crippen molar-refractivity contribution in [3.05, 3.63) is 54.6 Å². The van der Waals surface area contributed by atoms with Gasteiger partial charge < -0.3 is 5.32 Å². The SMILES string of the molecule is O=C(CN1C(=O)C2C3CCC(C3)C2C1=O)Nc1ccc(-c2ccccc2)cc1. The van der Waals surface area contributed by atoms with Crippen molar-refractivity contribution in [2.24, 2.45) is 23.7 Å². The van der Waals surface area contributed by atoms with E-state index in [1.54, 1.807) is 0 Å². The summed E-state index contributed by atoms with van der Waals surface area (Å²) in [5, 5.41) is 2.81. The minimum atomic E-state index is -0.332. The van der Waals surface area contributed by atoms with E-state index in [2.05, 4.69) is 5.32 Å². The topological polar surface area (TPSA) is 66.5 Å². The lowest BCUT2D eigenvalue weighted by molar-refractivity contribution is -0.143. The molecule has 3 aliphatic rings. The lowest BCUT2D eigenvalue weighted by Gasteiger charge is -2.19. The summed E-state index contributed by atoms with van der Waals surface area (Å²) < 4.78 is 0. The lowest BCUT2D eigenvalue weighted by Crippen LogP contribution is -2.39. The quantitative estimate of drug-likeness (QED) is 0.835. The summed E-state index contributed by atoms with van der Waals surface area (Å²) >= 11 is 0. The molecule has 1 N–H and O–H groups in total. The first kappa shape index (κ1) is 17.2. The fourth-order valence-electron chi connectivity index (χ4n) is 5.35. The summed E-state index contributed by atoms with van der Waals surface area (Å²) in [4.78, 5) is 39.0. The average molecular weight is 374 g/mol. The van der Waals surface area contributed by atoms with Crippen molar-refractivity contribution < 1.29 is 14.4 Å². The van der Waals surface area contributed by atoms with Gasteiger partial charge in [0.2, 0.25) is 17.7 Å². The van der Waals surface area contributed by atoms with Gasteiger partial charge >= 0.3 is 0 Å². The van der Waals surface area contributed by atoms with E-state index in [-0.39, 0.29) is 36.1 Å². The van der Waals surface area contributed by atoms with Crippen LogP contribution in [0.5, 0.6) is 0 Å². The number of nitrogens with one attached hydrogen (secondary N) is 1. The van der Waals surface area contributed by atoms with Crippen LogP contribution in [0.1, 0.15) is 19.3 Å². The Labute approximate surface area is 163 Å². The second kappa shape index (κ2) is 6.59. The van der Waals surface area contributed by atoms with E-state index in [0.717, 1.165) is 30.4 Å². The summed E-state index contributed by atoms with van der Waals surface area (Å²) in [5.41, 5.74) is 2.82. The van der Waals surface area contributed by atoms with Crippen molar-refractivity contribution in [1.82, 2.24) is 4.90 Å². The van der Waals surface area contributed by atoms with Gasteiger partial charge in [0.05, 0.1) is 11.8 Å². The highest BCUT2D eigenvalue weighted by Crippen LogP contribution is 2.56. The van der Waals surface area contributed by atoms with E-state index in [0.29, 0.717) is 17.5 Å². The van der Waals surface area contributed by atoms with Crippen LogP contribution >= 0.6 is 0 Å². The molecule has 3 amide bonds. The van der Waals surface area contributed by atoms with Crippen LogP contribution in [0.4, 0.5) is 5.69 Å². The Kier molecular flexibility index (Phi) is 4.04. The van der Waals surface area contributed by atoms with E-state index >= 15 is 0 Å². The maximum absolute atomic E-state index is 12.7. The van der Waals surface area contributed by atoms with E-state index in [1.165, 1.54) is 4.90 Å². The third-order valence-corrected chi connectivity index (χ3v) is 6.60. The molecule has 0 spiro atoms. The van der Waals surface area contributed by atoms with Gasteiger partial charge in [0.15, 0.2) is 0 Å². The highest BCUT2D eigenvalue weighted by atomic mass is 16.2. The molecular formula is C23H22N2O3. The van der Waals surface area contributed by atoms with Gasteiger partial charge in [-0.25, -0.2) is 0 Å². The first-order chi connectivity index (χ1) is 13.6. The van der Waals surface area contributed by atoms with Crippen LogP contribution in [-0.2, 0) is 14.4 Å². The van der Waals surface area contributed by atoms with Crippen LogP contribution in [0.3, 0.4) is 0 Å². The highest BCUT2D eigenvalue weighted by Gasteiger charge is 2.60. The molecule has 2 aromatic rings. The van der Waals surface area contributed by atoms with E-state index in [9.17, 15) is 14.4 Å². The summed E-state index contributed by atoms with van der Waals surface area (Å²) in [6.07, 6.45) is 3.08. The molecule has 1 saturated heterocycles. The second-order valence-corrected chi connectivity index (χ2v) is 8.14. The molecule has 5 heteroatoms. The van der Waals surface area contributed by atoms with Crippen molar-refractivity contribution in [2.45, 2.75) is 19.3 Å². The van der Waals surface area contributed by atoms with Crippen molar-refractivity contribution in [2.75, 3.05) is 11.9 Å². The van der Waals surface area contributed by atoms with Gasteiger partial charge in [-0.05, 0) is 54.4 Å². The van der Waals surface area contributed by atoms with Crippen LogP contribution in [0.25, 0.3) is 11.1 Å². The Morgan fingerprint density at radius 3 is 2.04 bits per heavy atom. The number of anilines is 1. The number of hydrogen-bond acceptors (Lipinski definition) is 3. The monoisotopic (exact) mass is 374 g/mol. The Morgan fingerprint density at radius 1 is 0.857 bits per heavy atom. The molecular weight excluding hydrogens is 352 g/mol. The molecule has 0 radical (unpaired) electrons. The van der Waals surface area contributed by atoms with E-state index < -0.39 is 0 Å². The Morgan fingerprint density at radius 2 is 1.43 bits per heavy atom. The molecule has 2 saturated carbocycles. The number of carbonyl (C=O) groups excluding carboxylic acids is 3. The largest absolute Gasteiger partial charge is 0.325 e. The third-order valence-electron chi connectivity index (χ3n) is 6.60. The molecule has 2 bridgehead atoms. The van der Waals surface area contributed by atoms with Gasteiger partial charge in [0.25, 0.3) is 0 Å². The number of imide groups is 1. The molecule has 4 atom stereocenters. The van der Waals surface area contributed by atoms with Gasteiger partial charge in [-0.1, -0.05) is 42.5 Å². The maximum Gasteiger partial charge on any atom is 0.244 e. The number of carbonyl (C=O) groups is 3. The summed E-state index contributed by atoms with van der Waals surface area (Å²) in [6, 6.07) is 17.6. The second-order valence-electron chi connectivity index (χ2n) is 8.14. The molecule has 3 fully saturated rings. The van der Waals surface area contributed by atoms with Crippen molar-refractivity contribution in [3.63, 3.8) is 0 Å². The van der Waals surface area contributed by atoms with Crippen LogP contribution in [0.15, 0.2) is 54.6 Å². The number of nitrogens with zero attached hydrogens (tertiary/aromatic N) is 1. The molecule has 142 valence electrons. The van der Waals surface area contributed by atoms with Crippen LogP contribution in [0, 0.1) is 23.7 Å². The molecule has 4 unspecified atom stereocenters. The minimum absolute atomic E-state index is 0.142. The van der Waals surface area contributed by atoms with Crippen molar-refractivity contribution in [3.8, 4) is 11.1 Å². The zero-order valence-electron chi connectivity index (χ0n) is 15.5. The maximum atomic E-state index is 12.7. The first-order valence-electron chi connectivity index (χ1n) is 9.92. The number of likely N-dealkylation sites (tertiary alicyclic amines) is 1. The Hall–Kier alpha value is -2.95. The number of hydrogen-bond donors (Lipinski definition) is 1.